The Hall–Kier alpha value is -2.98. The average molecular weight is 365 g/mol. The van der Waals surface area contributed by atoms with Crippen LogP contribution in [-0.2, 0) is 0 Å². The Labute approximate surface area is 158 Å². The molecule has 1 heterocycles. The second kappa shape index (κ2) is 7.50. The number of aromatic nitrogens is 2. The van der Waals surface area contributed by atoms with Crippen molar-refractivity contribution in [3.8, 4) is 11.4 Å². The predicted molar refractivity (Wildman–Crippen MR) is 111 cm³/mol. The van der Waals surface area contributed by atoms with Crippen molar-refractivity contribution < 1.29 is 0 Å². The van der Waals surface area contributed by atoms with Crippen LogP contribution in [0.3, 0.4) is 0 Å². The molecule has 0 saturated heterocycles. The van der Waals surface area contributed by atoms with Crippen LogP contribution in [0.2, 0.25) is 5.02 Å². The second-order valence-electron chi connectivity index (χ2n) is 6.08. The van der Waals surface area contributed by atoms with Crippen LogP contribution in [0.1, 0.15) is 0 Å². The number of para-hydroxylation sites is 1. The number of hydrogen-bond acceptors (Lipinski definition) is 3. The third-order valence-corrected chi connectivity index (χ3v) is 4.29. The van der Waals surface area contributed by atoms with E-state index in [2.05, 4.69) is 28.4 Å². The highest BCUT2D eigenvalue weighted by atomic mass is 35.5. The number of nitrogens with zero attached hydrogens (tertiary/aromatic N) is 2. The van der Waals surface area contributed by atoms with E-state index in [0.29, 0.717) is 5.02 Å². The SMILES string of the molecule is C=C/C=C(/C(=C)Nc1ccc(-c2nc3c(Cl)cccc3[nH]2)cc1)N(C)C. The molecule has 26 heavy (non-hydrogen) atoms. The Kier molecular flexibility index (Phi) is 5.14. The molecule has 0 aliphatic carbocycles. The number of rotatable bonds is 6. The van der Waals surface area contributed by atoms with E-state index in [1.54, 1.807) is 6.08 Å². The number of fused-ring (bicyclic) bond motifs is 1. The van der Waals surface area contributed by atoms with Gasteiger partial charge in [0.1, 0.15) is 11.3 Å². The van der Waals surface area contributed by atoms with Gasteiger partial charge in [0.05, 0.1) is 21.9 Å². The lowest BCUT2D eigenvalue weighted by Gasteiger charge is -2.20. The lowest BCUT2D eigenvalue weighted by atomic mass is 10.2. The molecule has 2 aromatic carbocycles. The number of nitrogens with one attached hydrogen (secondary N) is 2. The van der Waals surface area contributed by atoms with Crippen LogP contribution in [0.25, 0.3) is 22.4 Å². The normalized spacial score (nSPS) is 11.4. The van der Waals surface area contributed by atoms with Gasteiger partial charge in [0, 0.05) is 25.3 Å². The lowest BCUT2D eigenvalue weighted by Crippen LogP contribution is -2.16. The number of benzene rings is 2. The molecule has 0 fully saturated rings. The minimum absolute atomic E-state index is 0.643. The van der Waals surface area contributed by atoms with Crippen LogP contribution in [-0.4, -0.2) is 29.0 Å². The molecule has 3 aromatic rings. The second-order valence-corrected chi connectivity index (χ2v) is 6.49. The molecular weight excluding hydrogens is 344 g/mol. The number of allylic oxidation sites excluding steroid dienone is 2. The number of halogens is 1. The summed E-state index contributed by atoms with van der Waals surface area (Å²) in [6.07, 6.45) is 3.67. The molecule has 0 atom stereocenters. The first kappa shape index (κ1) is 17.8. The van der Waals surface area contributed by atoms with Crippen molar-refractivity contribution in [1.29, 1.82) is 0 Å². The van der Waals surface area contributed by atoms with Crippen molar-refractivity contribution in [2.24, 2.45) is 0 Å². The number of imidazole rings is 1. The van der Waals surface area contributed by atoms with Gasteiger partial charge < -0.3 is 15.2 Å². The Balaban J connectivity index is 1.81. The number of likely N-dealkylation sites (N-methyl/N-ethyl adjacent to an activating group) is 1. The van der Waals surface area contributed by atoms with Gasteiger partial charge in [-0.1, -0.05) is 36.9 Å². The predicted octanol–water partition coefficient (Wildman–Crippen LogP) is 5.44. The van der Waals surface area contributed by atoms with Gasteiger partial charge in [0.25, 0.3) is 0 Å². The van der Waals surface area contributed by atoms with Gasteiger partial charge in [-0.3, -0.25) is 0 Å². The Morgan fingerprint density at radius 1 is 1.19 bits per heavy atom. The van der Waals surface area contributed by atoms with Crippen LogP contribution in [0, 0.1) is 0 Å². The van der Waals surface area contributed by atoms with Crippen molar-refractivity contribution in [2.75, 3.05) is 19.4 Å². The number of aromatic amines is 1. The maximum atomic E-state index is 6.20. The van der Waals surface area contributed by atoms with Crippen molar-refractivity contribution >= 4 is 28.3 Å². The van der Waals surface area contributed by atoms with Crippen LogP contribution >= 0.6 is 11.6 Å². The Morgan fingerprint density at radius 2 is 1.92 bits per heavy atom. The van der Waals surface area contributed by atoms with Gasteiger partial charge in [0.15, 0.2) is 0 Å². The summed E-state index contributed by atoms with van der Waals surface area (Å²) < 4.78 is 0. The molecule has 4 nitrogen and oxygen atoms in total. The van der Waals surface area contributed by atoms with Crippen LogP contribution in [0.15, 0.2) is 79.2 Å². The van der Waals surface area contributed by atoms with Gasteiger partial charge in [-0.15, -0.1) is 0 Å². The van der Waals surface area contributed by atoms with E-state index in [-0.39, 0.29) is 0 Å². The highest BCUT2D eigenvalue weighted by Crippen LogP contribution is 2.26. The number of hydrogen-bond donors (Lipinski definition) is 2. The standard InChI is InChI=1S/C21H21ClN4/c1-5-7-19(26(3)4)14(2)23-16-12-10-15(11-13-16)21-24-18-9-6-8-17(22)20(18)25-21/h5-13,23H,1-2H2,3-4H3,(H,24,25)/b19-7-. The topological polar surface area (TPSA) is 44.0 Å². The van der Waals surface area contributed by atoms with Crippen LogP contribution in [0.5, 0.6) is 0 Å². The number of H-pyrrole nitrogens is 1. The first-order chi connectivity index (χ1) is 12.5. The number of anilines is 1. The Bertz CT molecular complexity index is 981. The third-order valence-electron chi connectivity index (χ3n) is 3.98. The molecule has 0 aliphatic heterocycles. The van der Waals surface area contributed by atoms with Crippen LogP contribution < -0.4 is 5.32 Å². The molecule has 2 N–H and O–H groups in total. The largest absolute Gasteiger partial charge is 0.376 e. The zero-order valence-corrected chi connectivity index (χ0v) is 15.6. The molecule has 0 spiro atoms. The van der Waals surface area contributed by atoms with Gasteiger partial charge in [-0.05, 0) is 42.5 Å². The maximum absolute atomic E-state index is 6.20. The zero-order chi connectivity index (χ0) is 18.7. The van der Waals surface area contributed by atoms with Gasteiger partial charge in [-0.25, -0.2) is 4.98 Å². The molecule has 132 valence electrons. The fraction of sp³-hybridized carbons (Fsp3) is 0.0952. The van der Waals surface area contributed by atoms with E-state index >= 15 is 0 Å². The molecule has 1 aromatic heterocycles. The quantitative estimate of drug-likeness (QED) is 0.572. The molecule has 0 radical (unpaired) electrons. The van der Waals surface area contributed by atoms with E-state index in [4.69, 9.17) is 11.6 Å². The van der Waals surface area contributed by atoms with Gasteiger partial charge in [-0.2, -0.15) is 0 Å². The molecule has 0 bridgehead atoms. The third kappa shape index (κ3) is 3.65. The monoisotopic (exact) mass is 364 g/mol. The minimum atomic E-state index is 0.643. The van der Waals surface area contributed by atoms with Crippen molar-refractivity contribution in [3.05, 3.63) is 84.2 Å². The fourth-order valence-corrected chi connectivity index (χ4v) is 2.93. The summed E-state index contributed by atoms with van der Waals surface area (Å²) in [6.45, 7) is 7.86. The molecule has 0 unspecified atom stereocenters. The fourth-order valence-electron chi connectivity index (χ4n) is 2.71. The Morgan fingerprint density at radius 3 is 2.54 bits per heavy atom. The maximum Gasteiger partial charge on any atom is 0.138 e. The first-order valence-corrected chi connectivity index (χ1v) is 8.58. The molecule has 5 heteroatoms. The van der Waals surface area contributed by atoms with E-state index < -0.39 is 0 Å². The summed E-state index contributed by atoms with van der Waals surface area (Å²) in [5.41, 5.74) is 5.42. The summed E-state index contributed by atoms with van der Waals surface area (Å²) in [7, 11) is 3.94. The zero-order valence-electron chi connectivity index (χ0n) is 14.9. The molecule has 0 aliphatic rings. The molecule has 0 saturated carbocycles. The first-order valence-electron chi connectivity index (χ1n) is 8.20. The summed E-state index contributed by atoms with van der Waals surface area (Å²) in [5.74, 6) is 0.791. The minimum Gasteiger partial charge on any atom is -0.376 e. The van der Waals surface area contributed by atoms with E-state index in [0.717, 1.165) is 39.5 Å². The highest BCUT2D eigenvalue weighted by Gasteiger charge is 2.09. The van der Waals surface area contributed by atoms with E-state index in [1.165, 1.54) is 0 Å². The summed E-state index contributed by atoms with van der Waals surface area (Å²) >= 11 is 6.20. The van der Waals surface area contributed by atoms with Gasteiger partial charge >= 0.3 is 0 Å². The molecular formula is C21H21ClN4. The van der Waals surface area contributed by atoms with Crippen molar-refractivity contribution in [2.45, 2.75) is 0 Å². The summed E-state index contributed by atoms with van der Waals surface area (Å²) in [4.78, 5) is 9.89. The summed E-state index contributed by atoms with van der Waals surface area (Å²) in [6, 6.07) is 13.7. The summed E-state index contributed by atoms with van der Waals surface area (Å²) in [5, 5.41) is 3.96. The van der Waals surface area contributed by atoms with Crippen molar-refractivity contribution in [3.63, 3.8) is 0 Å². The lowest BCUT2D eigenvalue weighted by molar-refractivity contribution is 0.523. The van der Waals surface area contributed by atoms with E-state index in [1.807, 2.05) is 67.5 Å². The van der Waals surface area contributed by atoms with Crippen LogP contribution in [0.4, 0.5) is 5.69 Å². The highest BCUT2D eigenvalue weighted by molar-refractivity contribution is 6.35. The average Bonchev–Trinajstić information content (AvgIpc) is 3.05. The van der Waals surface area contributed by atoms with E-state index in [9.17, 15) is 0 Å². The smallest absolute Gasteiger partial charge is 0.138 e. The van der Waals surface area contributed by atoms with Gasteiger partial charge in [0.2, 0.25) is 0 Å². The molecule has 0 amide bonds. The molecule has 3 rings (SSSR count). The van der Waals surface area contributed by atoms with Crippen molar-refractivity contribution in [1.82, 2.24) is 14.9 Å².